The number of halogens is 2. The average Bonchev–Trinajstić information content (AvgIpc) is 2.28. The van der Waals surface area contributed by atoms with Gasteiger partial charge in [-0.05, 0) is 32.2 Å². The zero-order valence-electron chi connectivity index (χ0n) is 18.6. The van der Waals surface area contributed by atoms with Crippen LogP contribution in [0.1, 0.15) is 95.9 Å². The molecule has 24 heavy (non-hydrogen) atoms. The predicted octanol–water partition coefficient (Wildman–Crippen LogP) is 9.34. The van der Waals surface area contributed by atoms with E-state index in [9.17, 15) is 0 Å². The van der Waals surface area contributed by atoms with Crippen molar-refractivity contribution in [3.63, 3.8) is 0 Å². The van der Waals surface area contributed by atoms with Crippen LogP contribution in [0.2, 0.25) is 32.2 Å². The Morgan fingerprint density at radius 1 is 0.458 bits per heavy atom. The molecule has 0 rings (SSSR count). The summed E-state index contributed by atoms with van der Waals surface area (Å²) in [6, 6.07) is 2.38. The van der Waals surface area contributed by atoms with E-state index in [4.69, 9.17) is 22.2 Å². The highest BCUT2D eigenvalue weighted by atomic mass is 35.6. The first-order valence-electron chi connectivity index (χ1n) is 9.59. The minimum Gasteiger partial charge on any atom is -0.166 e. The smallest absolute Gasteiger partial charge is 0.166 e. The van der Waals surface area contributed by atoms with Crippen molar-refractivity contribution in [1.82, 2.24) is 0 Å². The lowest BCUT2D eigenvalue weighted by atomic mass is 10.2. The van der Waals surface area contributed by atoms with Crippen molar-refractivity contribution in [3.05, 3.63) is 0 Å². The zero-order chi connectivity index (χ0) is 19.8. The van der Waals surface area contributed by atoms with Crippen molar-refractivity contribution < 1.29 is 0 Å². The van der Waals surface area contributed by atoms with Crippen LogP contribution in [0.3, 0.4) is 0 Å². The third-order valence-corrected chi connectivity index (χ3v) is 25.6. The second kappa shape index (κ2) is 7.56. The Morgan fingerprint density at radius 2 is 0.625 bits per heavy atom. The van der Waals surface area contributed by atoms with Gasteiger partial charge in [-0.1, -0.05) is 95.9 Å². The maximum absolute atomic E-state index is 7.34. The van der Waals surface area contributed by atoms with Gasteiger partial charge in [0, 0.05) is 0 Å². The topological polar surface area (TPSA) is 0 Å². The van der Waals surface area contributed by atoms with Gasteiger partial charge in [-0.3, -0.25) is 0 Å². The summed E-state index contributed by atoms with van der Waals surface area (Å²) in [5, 5.41) is 0.874. The molecule has 0 aromatic carbocycles. The maximum atomic E-state index is 7.34. The zero-order valence-corrected chi connectivity index (χ0v) is 22.1. The summed E-state index contributed by atoms with van der Waals surface area (Å²) in [7, 11) is -3.79. The first kappa shape index (κ1) is 25.0. The maximum Gasteiger partial charge on any atom is 0.167 e. The molecule has 0 atom stereocenters. The molecule has 0 bridgehead atoms. The number of hydrogen-bond acceptors (Lipinski definition) is 0. The Morgan fingerprint density at radius 3 is 0.750 bits per heavy atom. The summed E-state index contributed by atoms with van der Waals surface area (Å²) < 4.78 is 0. The molecule has 0 heterocycles. The number of unbranched alkanes of at least 4 members (excludes halogenated alkanes) is 1. The fourth-order valence-electron chi connectivity index (χ4n) is 4.49. The van der Waals surface area contributed by atoms with E-state index >= 15 is 0 Å². The fourth-order valence-corrected chi connectivity index (χ4v) is 14.3. The average molecular weight is 412 g/mol. The van der Waals surface area contributed by atoms with Gasteiger partial charge in [-0.25, -0.2) is 0 Å². The molecule has 0 N–H and O–H groups in total. The van der Waals surface area contributed by atoms with Crippen LogP contribution in [0.15, 0.2) is 0 Å². The molecular formula is C20H44Cl2Si2. The molecule has 4 heteroatoms. The van der Waals surface area contributed by atoms with Crippen molar-refractivity contribution in [2.24, 2.45) is 0 Å². The number of rotatable bonds is 5. The lowest BCUT2D eigenvalue weighted by Gasteiger charge is -2.48. The first-order chi connectivity index (χ1) is 10.2. The third kappa shape index (κ3) is 5.27. The lowest BCUT2D eigenvalue weighted by molar-refractivity contribution is 0.606. The molecule has 0 saturated carbocycles. The van der Waals surface area contributed by atoms with Gasteiger partial charge in [0.15, 0.2) is 14.8 Å². The van der Waals surface area contributed by atoms with E-state index in [-0.39, 0.29) is 20.2 Å². The summed E-state index contributed by atoms with van der Waals surface area (Å²) in [5.74, 6) is 0. The van der Waals surface area contributed by atoms with E-state index in [0.29, 0.717) is 0 Å². The second-order valence-electron chi connectivity index (χ2n) is 11.8. The predicted molar refractivity (Wildman–Crippen MR) is 121 cm³/mol. The Balaban J connectivity index is 5.11. The normalized spacial score (nSPS) is 15.8. The highest BCUT2D eigenvalue weighted by molar-refractivity contribution is 7.23. The van der Waals surface area contributed by atoms with Gasteiger partial charge >= 0.3 is 0 Å². The largest absolute Gasteiger partial charge is 0.167 e. The number of hydrogen-bond donors (Lipinski definition) is 0. The molecule has 0 aliphatic carbocycles. The van der Waals surface area contributed by atoms with Crippen molar-refractivity contribution in [2.75, 3.05) is 0 Å². The second-order valence-corrected chi connectivity index (χ2v) is 25.9. The molecule has 0 nitrogen and oxygen atoms in total. The van der Waals surface area contributed by atoms with Gasteiger partial charge in [-0.15, -0.1) is 0 Å². The van der Waals surface area contributed by atoms with Crippen molar-refractivity contribution in [2.45, 2.75) is 128 Å². The molecule has 0 aliphatic heterocycles. The molecule has 0 fully saturated rings. The molecule has 0 saturated heterocycles. The van der Waals surface area contributed by atoms with Crippen molar-refractivity contribution >= 4 is 36.9 Å². The first-order valence-corrected chi connectivity index (χ1v) is 16.0. The minimum atomic E-state index is -1.90. The lowest BCUT2D eigenvalue weighted by Crippen LogP contribution is -2.47. The van der Waals surface area contributed by atoms with Crippen LogP contribution in [0, 0.1) is 0 Å². The molecule has 0 amide bonds. The van der Waals surface area contributed by atoms with Gasteiger partial charge in [0.25, 0.3) is 0 Å². The Labute approximate surface area is 164 Å². The van der Waals surface area contributed by atoms with E-state index in [2.05, 4.69) is 83.1 Å². The monoisotopic (exact) mass is 410 g/mol. The quantitative estimate of drug-likeness (QED) is 0.240. The Bertz CT molecular complexity index is 335. The van der Waals surface area contributed by atoms with E-state index in [1.54, 1.807) is 0 Å². The van der Waals surface area contributed by atoms with Gasteiger partial charge in [0.05, 0.1) is 0 Å². The van der Waals surface area contributed by atoms with Crippen LogP contribution >= 0.6 is 22.2 Å². The van der Waals surface area contributed by atoms with Crippen molar-refractivity contribution in [1.29, 1.82) is 0 Å². The van der Waals surface area contributed by atoms with Crippen LogP contribution in [0.25, 0.3) is 0 Å². The van der Waals surface area contributed by atoms with Crippen molar-refractivity contribution in [3.8, 4) is 0 Å². The molecule has 0 aromatic heterocycles. The standard InChI is InChI=1S/C20H44Cl2Si2/c1-17(2,3)23(21,18(4,5)6)15-13-14-16-24(22,19(7,8)9)20(10,11)12/h13-16H2,1-12H3. The van der Waals surface area contributed by atoms with Gasteiger partial charge in [-0.2, -0.15) is 22.2 Å². The van der Waals surface area contributed by atoms with Gasteiger partial charge < -0.3 is 0 Å². The van der Waals surface area contributed by atoms with Crippen LogP contribution in [-0.2, 0) is 0 Å². The molecule has 0 spiro atoms. The van der Waals surface area contributed by atoms with Crippen LogP contribution in [-0.4, -0.2) is 14.8 Å². The van der Waals surface area contributed by atoms with E-state index in [0.717, 1.165) is 0 Å². The molecule has 0 aliphatic rings. The summed E-state index contributed by atoms with van der Waals surface area (Å²) >= 11 is 14.7. The van der Waals surface area contributed by atoms with Crippen LogP contribution in [0.5, 0.6) is 0 Å². The van der Waals surface area contributed by atoms with Crippen LogP contribution in [0.4, 0.5) is 0 Å². The Hall–Kier alpha value is 1.01. The van der Waals surface area contributed by atoms with E-state index in [1.165, 1.54) is 24.9 Å². The highest BCUT2D eigenvalue weighted by Crippen LogP contribution is 2.58. The van der Waals surface area contributed by atoms with E-state index < -0.39 is 14.8 Å². The van der Waals surface area contributed by atoms with Gasteiger partial charge in [0.2, 0.25) is 0 Å². The molecule has 0 unspecified atom stereocenters. The molecular weight excluding hydrogens is 367 g/mol. The molecule has 0 radical (unpaired) electrons. The summed E-state index contributed by atoms with van der Waals surface area (Å²) in [4.78, 5) is 0. The third-order valence-electron chi connectivity index (χ3n) is 6.05. The SMILES string of the molecule is CC(C)(C)[Si](Cl)(CCCC[Si](Cl)(C(C)(C)C)C(C)(C)C)C(C)(C)C. The summed E-state index contributed by atoms with van der Waals surface area (Å²) in [6.45, 7) is 28.0. The molecule has 146 valence electrons. The van der Waals surface area contributed by atoms with Crippen LogP contribution < -0.4 is 0 Å². The van der Waals surface area contributed by atoms with E-state index in [1.807, 2.05) is 0 Å². The summed E-state index contributed by atoms with van der Waals surface area (Å²) in [5.41, 5.74) is 0. The van der Waals surface area contributed by atoms with Gasteiger partial charge in [0.1, 0.15) is 0 Å². The fraction of sp³-hybridized carbons (Fsp3) is 1.00. The Kier molecular flexibility index (Phi) is 7.88. The molecule has 0 aromatic rings. The highest BCUT2D eigenvalue weighted by Gasteiger charge is 2.53. The minimum absolute atomic E-state index is 0.219. The summed E-state index contributed by atoms with van der Waals surface area (Å²) in [6.07, 6.45) is 2.44.